The number of rotatable bonds is 3. The van der Waals surface area contributed by atoms with Gasteiger partial charge >= 0.3 is 0 Å². The topological polar surface area (TPSA) is 24.1 Å². The molecule has 0 aliphatic heterocycles. The predicted molar refractivity (Wildman–Crippen MR) is 76.2 cm³/mol. The normalized spacial score (nSPS) is 16.4. The van der Waals surface area contributed by atoms with Gasteiger partial charge in [0.1, 0.15) is 0 Å². The van der Waals surface area contributed by atoms with Crippen LogP contribution in [0.2, 0.25) is 0 Å². The first-order valence-corrected chi connectivity index (χ1v) is 6.61. The third kappa shape index (κ3) is 3.43. The van der Waals surface area contributed by atoms with Crippen LogP contribution in [-0.4, -0.2) is 11.2 Å². The van der Waals surface area contributed by atoms with Crippen LogP contribution in [0.4, 0.5) is 0 Å². The second kappa shape index (κ2) is 5.05. The predicted octanol–water partition coefficient (Wildman–Crippen LogP) is 2.99. The minimum absolute atomic E-state index is 0.259. The van der Waals surface area contributed by atoms with Crippen molar-refractivity contribution in [3.05, 3.63) is 34.9 Å². The quantitative estimate of drug-likeness (QED) is 0.804. The lowest BCUT2D eigenvalue weighted by Crippen LogP contribution is -2.38. The summed E-state index contributed by atoms with van der Waals surface area (Å²) in [7, 11) is 0. The number of benzene rings is 1. The smallest absolute Gasteiger partial charge is 0.166 e. The summed E-state index contributed by atoms with van der Waals surface area (Å²) in [5.74, 6) is 0. The molecule has 0 saturated heterocycles. The number of nitrogens with one attached hydrogen (secondary N) is 2. The maximum Gasteiger partial charge on any atom is 0.166 e. The Morgan fingerprint density at radius 3 is 2.65 bits per heavy atom. The number of aryl methyl sites for hydroxylation is 2. The third-order valence-electron chi connectivity index (χ3n) is 3.15. The molecule has 2 N–H and O–H groups in total. The molecule has 1 unspecified atom stereocenters. The molecule has 0 heterocycles. The summed E-state index contributed by atoms with van der Waals surface area (Å²) in [5.41, 5.74) is 3.94. The van der Waals surface area contributed by atoms with E-state index in [0.717, 1.165) is 5.11 Å². The second-order valence-corrected chi connectivity index (χ2v) is 5.38. The van der Waals surface area contributed by atoms with E-state index in [1.165, 1.54) is 29.5 Å². The van der Waals surface area contributed by atoms with E-state index >= 15 is 0 Å². The van der Waals surface area contributed by atoms with Crippen LogP contribution in [0.5, 0.6) is 0 Å². The van der Waals surface area contributed by atoms with Gasteiger partial charge in [0.2, 0.25) is 0 Å². The van der Waals surface area contributed by atoms with Gasteiger partial charge in [0.15, 0.2) is 5.11 Å². The van der Waals surface area contributed by atoms with E-state index in [2.05, 4.69) is 49.6 Å². The van der Waals surface area contributed by atoms with E-state index in [0.29, 0.717) is 6.04 Å². The summed E-state index contributed by atoms with van der Waals surface area (Å²) in [5, 5.41) is 7.43. The van der Waals surface area contributed by atoms with Crippen molar-refractivity contribution in [2.24, 2.45) is 0 Å². The van der Waals surface area contributed by atoms with Crippen LogP contribution in [0.15, 0.2) is 18.2 Å². The van der Waals surface area contributed by atoms with Gasteiger partial charge in [0.05, 0.1) is 6.04 Å². The van der Waals surface area contributed by atoms with Gasteiger partial charge in [0.25, 0.3) is 0 Å². The Balaban J connectivity index is 1.97. The van der Waals surface area contributed by atoms with Gasteiger partial charge in [-0.2, -0.15) is 0 Å². The molecule has 0 spiro atoms. The monoisotopic (exact) mass is 248 g/mol. The summed E-state index contributed by atoms with van der Waals surface area (Å²) < 4.78 is 0. The zero-order valence-corrected chi connectivity index (χ0v) is 11.5. The van der Waals surface area contributed by atoms with Gasteiger partial charge in [-0.3, -0.25) is 0 Å². The van der Waals surface area contributed by atoms with Crippen LogP contribution in [0.25, 0.3) is 0 Å². The third-order valence-corrected chi connectivity index (χ3v) is 3.39. The largest absolute Gasteiger partial charge is 0.360 e. The molecule has 2 nitrogen and oxygen atoms in total. The SMILES string of the molecule is Cc1ccc(C(C)NC(=S)NC2CC2)c(C)c1. The van der Waals surface area contributed by atoms with Gasteiger partial charge in [-0.25, -0.2) is 0 Å². The van der Waals surface area contributed by atoms with Gasteiger partial charge < -0.3 is 10.6 Å². The highest BCUT2D eigenvalue weighted by Gasteiger charge is 2.22. The molecular formula is C14H20N2S. The van der Waals surface area contributed by atoms with Crippen molar-refractivity contribution < 1.29 is 0 Å². The Hall–Kier alpha value is -1.09. The van der Waals surface area contributed by atoms with Crippen LogP contribution < -0.4 is 10.6 Å². The van der Waals surface area contributed by atoms with Gasteiger partial charge in [-0.1, -0.05) is 23.8 Å². The van der Waals surface area contributed by atoms with Crippen molar-refractivity contribution in [3.63, 3.8) is 0 Å². The van der Waals surface area contributed by atoms with Crippen molar-refractivity contribution in [1.82, 2.24) is 10.6 Å². The maximum absolute atomic E-state index is 5.29. The highest BCUT2D eigenvalue weighted by molar-refractivity contribution is 7.80. The number of hydrogen-bond acceptors (Lipinski definition) is 1. The van der Waals surface area contributed by atoms with Crippen molar-refractivity contribution >= 4 is 17.3 Å². The van der Waals surface area contributed by atoms with E-state index in [9.17, 15) is 0 Å². The molecule has 1 aliphatic rings. The fraction of sp³-hybridized carbons (Fsp3) is 0.500. The molecule has 2 rings (SSSR count). The highest BCUT2D eigenvalue weighted by Crippen LogP contribution is 2.20. The molecule has 0 amide bonds. The molecule has 1 aromatic carbocycles. The first-order chi connectivity index (χ1) is 8.06. The van der Waals surface area contributed by atoms with Crippen LogP contribution in [0, 0.1) is 13.8 Å². The summed E-state index contributed by atoms with van der Waals surface area (Å²) >= 11 is 5.29. The van der Waals surface area contributed by atoms with E-state index in [4.69, 9.17) is 12.2 Å². The average molecular weight is 248 g/mol. The zero-order chi connectivity index (χ0) is 12.4. The van der Waals surface area contributed by atoms with Crippen molar-refractivity contribution in [3.8, 4) is 0 Å². The van der Waals surface area contributed by atoms with Crippen molar-refractivity contribution in [2.45, 2.75) is 45.7 Å². The molecular weight excluding hydrogens is 228 g/mol. The maximum atomic E-state index is 5.29. The minimum atomic E-state index is 0.259. The van der Waals surface area contributed by atoms with Crippen LogP contribution >= 0.6 is 12.2 Å². The Kier molecular flexibility index (Phi) is 3.67. The number of thiocarbonyl (C=S) groups is 1. The molecule has 1 fully saturated rings. The van der Waals surface area contributed by atoms with Gasteiger partial charge in [0, 0.05) is 6.04 Å². The van der Waals surface area contributed by atoms with E-state index in [1.807, 2.05) is 0 Å². The molecule has 1 atom stereocenters. The standard InChI is InChI=1S/C14H20N2S/c1-9-4-7-13(10(2)8-9)11(3)15-14(17)16-12-5-6-12/h4,7-8,11-12H,5-6H2,1-3H3,(H2,15,16,17). The summed E-state index contributed by atoms with van der Waals surface area (Å²) in [6.07, 6.45) is 2.50. The zero-order valence-electron chi connectivity index (χ0n) is 10.7. The summed E-state index contributed by atoms with van der Waals surface area (Å²) in [4.78, 5) is 0. The van der Waals surface area contributed by atoms with Crippen LogP contribution in [-0.2, 0) is 0 Å². The lowest BCUT2D eigenvalue weighted by atomic mass is 10.0. The van der Waals surface area contributed by atoms with Crippen LogP contribution in [0.3, 0.4) is 0 Å². The molecule has 0 bridgehead atoms. The van der Waals surface area contributed by atoms with E-state index in [1.54, 1.807) is 0 Å². The first kappa shape index (κ1) is 12.4. The Morgan fingerprint density at radius 2 is 2.06 bits per heavy atom. The average Bonchev–Trinajstić information content (AvgIpc) is 3.00. The minimum Gasteiger partial charge on any atom is -0.360 e. The molecule has 0 aromatic heterocycles. The Bertz CT molecular complexity index is 424. The Labute approximate surface area is 109 Å². The lowest BCUT2D eigenvalue weighted by Gasteiger charge is -2.19. The molecule has 3 heteroatoms. The lowest BCUT2D eigenvalue weighted by molar-refractivity contribution is 0.692. The second-order valence-electron chi connectivity index (χ2n) is 4.97. The summed E-state index contributed by atoms with van der Waals surface area (Å²) in [6.45, 7) is 6.42. The fourth-order valence-corrected chi connectivity index (χ4v) is 2.38. The fourth-order valence-electron chi connectivity index (χ4n) is 2.04. The molecule has 92 valence electrons. The van der Waals surface area contributed by atoms with Crippen molar-refractivity contribution in [1.29, 1.82) is 0 Å². The molecule has 1 aromatic rings. The highest BCUT2D eigenvalue weighted by atomic mass is 32.1. The Morgan fingerprint density at radius 1 is 1.35 bits per heavy atom. The molecule has 1 aliphatic carbocycles. The van der Waals surface area contributed by atoms with Crippen LogP contribution in [0.1, 0.15) is 42.5 Å². The summed E-state index contributed by atoms with van der Waals surface area (Å²) in [6, 6.07) is 7.42. The molecule has 0 radical (unpaired) electrons. The number of hydrogen-bond donors (Lipinski definition) is 2. The van der Waals surface area contributed by atoms with E-state index in [-0.39, 0.29) is 6.04 Å². The van der Waals surface area contributed by atoms with Crippen molar-refractivity contribution in [2.75, 3.05) is 0 Å². The van der Waals surface area contributed by atoms with E-state index < -0.39 is 0 Å². The van der Waals surface area contributed by atoms with Gasteiger partial charge in [-0.15, -0.1) is 0 Å². The molecule has 17 heavy (non-hydrogen) atoms. The van der Waals surface area contributed by atoms with Gasteiger partial charge in [-0.05, 0) is 57.0 Å². The first-order valence-electron chi connectivity index (χ1n) is 6.20. The molecule has 1 saturated carbocycles.